The van der Waals surface area contributed by atoms with Crippen molar-refractivity contribution in [3.63, 3.8) is 0 Å². The Kier molecular flexibility index (Phi) is 3.36. The molecule has 1 heterocycles. The Morgan fingerprint density at radius 2 is 1.80 bits per heavy atom. The van der Waals surface area contributed by atoms with E-state index in [1.54, 1.807) is 7.11 Å². The van der Waals surface area contributed by atoms with Crippen LogP contribution in [0.3, 0.4) is 0 Å². The molecule has 1 aliphatic rings. The van der Waals surface area contributed by atoms with Crippen LogP contribution in [-0.2, 0) is 0 Å². The first-order valence-corrected chi connectivity index (χ1v) is 6.84. The minimum absolute atomic E-state index is 0.186. The van der Waals surface area contributed by atoms with Gasteiger partial charge in [0.2, 0.25) is 0 Å². The average Bonchev–Trinajstić information content (AvgIpc) is 2.51. The van der Waals surface area contributed by atoms with Crippen LogP contribution in [0.4, 0.5) is 5.69 Å². The second-order valence-corrected chi connectivity index (χ2v) is 5.21. The Bertz CT molecular complexity index is 594. The first-order chi connectivity index (χ1) is 9.70. The predicted octanol–water partition coefficient (Wildman–Crippen LogP) is 3.31. The molecule has 2 atom stereocenters. The molecule has 0 bridgehead atoms. The lowest BCUT2D eigenvalue weighted by atomic mass is 9.89. The van der Waals surface area contributed by atoms with Crippen LogP contribution in [0.2, 0.25) is 0 Å². The normalized spacial score (nSPS) is 21.4. The van der Waals surface area contributed by atoms with E-state index in [-0.39, 0.29) is 6.04 Å². The van der Waals surface area contributed by atoms with Crippen LogP contribution in [0.1, 0.15) is 29.7 Å². The zero-order valence-electron chi connectivity index (χ0n) is 11.8. The van der Waals surface area contributed by atoms with Gasteiger partial charge < -0.3 is 14.7 Å². The van der Waals surface area contributed by atoms with E-state index in [0.717, 1.165) is 17.0 Å². The third-order valence-electron chi connectivity index (χ3n) is 4.09. The molecule has 0 saturated heterocycles. The molecule has 0 amide bonds. The van der Waals surface area contributed by atoms with Gasteiger partial charge in [0.25, 0.3) is 0 Å². The topological polar surface area (TPSA) is 32.7 Å². The second kappa shape index (κ2) is 5.17. The molecule has 1 aliphatic heterocycles. The van der Waals surface area contributed by atoms with Gasteiger partial charge in [-0.3, -0.25) is 0 Å². The molecule has 2 aromatic rings. The van der Waals surface area contributed by atoms with Crippen LogP contribution in [0, 0.1) is 0 Å². The number of aliphatic hydroxyl groups excluding tert-OH is 1. The summed E-state index contributed by atoms with van der Waals surface area (Å²) in [4.78, 5) is 2.24. The molecular formula is C17H19NO2. The lowest BCUT2D eigenvalue weighted by molar-refractivity contribution is 0.150. The summed E-state index contributed by atoms with van der Waals surface area (Å²) in [5.41, 5.74) is 3.31. The highest BCUT2D eigenvalue weighted by Crippen LogP contribution is 2.42. The molecule has 3 heteroatoms. The molecule has 104 valence electrons. The van der Waals surface area contributed by atoms with E-state index in [1.807, 2.05) is 30.3 Å². The molecule has 3 nitrogen and oxygen atoms in total. The third-order valence-corrected chi connectivity index (χ3v) is 4.09. The highest BCUT2D eigenvalue weighted by molar-refractivity contribution is 5.58. The minimum Gasteiger partial charge on any atom is -0.497 e. The summed E-state index contributed by atoms with van der Waals surface area (Å²) in [5.74, 6) is 0.855. The van der Waals surface area contributed by atoms with Gasteiger partial charge in [0, 0.05) is 24.7 Å². The van der Waals surface area contributed by atoms with Crippen LogP contribution in [0.15, 0.2) is 48.5 Å². The zero-order chi connectivity index (χ0) is 14.1. The Hall–Kier alpha value is -2.00. The molecule has 20 heavy (non-hydrogen) atoms. The summed E-state index contributed by atoms with van der Waals surface area (Å²) < 4.78 is 5.20. The van der Waals surface area contributed by atoms with Crippen molar-refractivity contribution in [3.8, 4) is 5.75 Å². The maximum atomic E-state index is 10.4. The summed E-state index contributed by atoms with van der Waals surface area (Å²) in [6.45, 7) is 0. The Labute approximate surface area is 119 Å². The van der Waals surface area contributed by atoms with Gasteiger partial charge in [-0.25, -0.2) is 0 Å². The van der Waals surface area contributed by atoms with E-state index in [2.05, 4.69) is 30.1 Å². The number of para-hydroxylation sites is 1. The average molecular weight is 269 g/mol. The number of anilines is 1. The van der Waals surface area contributed by atoms with E-state index in [1.165, 1.54) is 5.56 Å². The van der Waals surface area contributed by atoms with Crippen LogP contribution >= 0.6 is 0 Å². The number of ether oxygens (including phenoxy) is 1. The molecule has 0 aromatic heterocycles. The van der Waals surface area contributed by atoms with Crippen molar-refractivity contribution in [3.05, 3.63) is 59.7 Å². The van der Waals surface area contributed by atoms with Gasteiger partial charge in [0.1, 0.15) is 5.75 Å². The third kappa shape index (κ3) is 2.14. The van der Waals surface area contributed by atoms with Crippen LogP contribution in [-0.4, -0.2) is 19.3 Å². The highest BCUT2D eigenvalue weighted by atomic mass is 16.5. The quantitative estimate of drug-likeness (QED) is 0.908. The van der Waals surface area contributed by atoms with Gasteiger partial charge in [-0.05, 0) is 23.8 Å². The Morgan fingerprint density at radius 1 is 1.10 bits per heavy atom. The van der Waals surface area contributed by atoms with Crippen LogP contribution in [0.5, 0.6) is 5.75 Å². The number of nitrogens with zero attached hydrogens (tertiary/aromatic N) is 1. The first-order valence-electron chi connectivity index (χ1n) is 6.84. The molecule has 2 aromatic carbocycles. The van der Waals surface area contributed by atoms with Gasteiger partial charge in [0.05, 0.1) is 19.3 Å². The SMILES string of the molecule is COc1ccc([C@H]2C[C@@H](O)c3ccccc3N2C)cc1. The molecule has 0 unspecified atom stereocenters. The lowest BCUT2D eigenvalue weighted by Gasteiger charge is -2.38. The van der Waals surface area contributed by atoms with Crippen LogP contribution in [0.25, 0.3) is 0 Å². The molecule has 1 N–H and O–H groups in total. The maximum absolute atomic E-state index is 10.4. The van der Waals surface area contributed by atoms with Crippen molar-refractivity contribution in [2.75, 3.05) is 19.1 Å². The fraction of sp³-hybridized carbons (Fsp3) is 0.294. The van der Waals surface area contributed by atoms with Gasteiger partial charge >= 0.3 is 0 Å². The molecule has 0 aliphatic carbocycles. The summed E-state index contributed by atoms with van der Waals surface area (Å²) in [6.07, 6.45) is 0.300. The standard InChI is InChI=1S/C17H19NO2/c1-18-15-6-4-3-5-14(15)17(19)11-16(18)12-7-9-13(20-2)10-8-12/h3-10,16-17,19H,11H2,1-2H3/t16-,17-/m1/s1. The fourth-order valence-corrected chi connectivity index (χ4v) is 2.94. The lowest BCUT2D eigenvalue weighted by Crippen LogP contribution is -2.31. The number of methoxy groups -OCH3 is 1. The van der Waals surface area contributed by atoms with E-state index in [0.29, 0.717) is 6.42 Å². The monoisotopic (exact) mass is 269 g/mol. The summed E-state index contributed by atoms with van der Waals surface area (Å²) in [6, 6.07) is 16.3. The summed E-state index contributed by atoms with van der Waals surface area (Å²) in [7, 11) is 3.75. The fourth-order valence-electron chi connectivity index (χ4n) is 2.94. The smallest absolute Gasteiger partial charge is 0.118 e. The van der Waals surface area contributed by atoms with Crippen molar-refractivity contribution >= 4 is 5.69 Å². The van der Waals surface area contributed by atoms with E-state index >= 15 is 0 Å². The van der Waals surface area contributed by atoms with E-state index in [9.17, 15) is 5.11 Å². The molecule has 3 rings (SSSR count). The highest BCUT2D eigenvalue weighted by Gasteiger charge is 2.29. The zero-order valence-corrected chi connectivity index (χ0v) is 11.8. The number of benzene rings is 2. The molecule has 0 fully saturated rings. The van der Waals surface area contributed by atoms with Crippen molar-refractivity contribution in [1.29, 1.82) is 0 Å². The number of hydrogen-bond acceptors (Lipinski definition) is 3. The van der Waals surface area contributed by atoms with Gasteiger partial charge in [-0.1, -0.05) is 30.3 Å². The van der Waals surface area contributed by atoms with Gasteiger partial charge in [-0.15, -0.1) is 0 Å². The summed E-state index contributed by atoms with van der Waals surface area (Å²) in [5, 5.41) is 10.4. The molecule has 0 saturated carbocycles. The Morgan fingerprint density at radius 3 is 2.50 bits per heavy atom. The van der Waals surface area contributed by atoms with Gasteiger partial charge in [0.15, 0.2) is 0 Å². The van der Waals surface area contributed by atoms with Crippen LogP contribution < -0.4 is 9.64 Å². The number of rotatable bonds is 2. The molecular weight excluding hydrogens is 250 g/mol. The number of fused-ring (bicyclic) bond motifs is 1. The van der Waals surface area contributed by atoms with Crippen molar-refractivity contribution in [1.82, 2.24) is 0 Å². The Balaban J connectivity index is 1.95. The first kappa shape index (κ1) is 13.0. The number of aliphatic hydroxyl groups is 1. The second-order valence-electron chi connectivity index (χ2n) is 5.21. The maximum Gasteiger partial charge on any atom is 0.118 e. The van der Waals surface area contributed by atoms with Crippen molar-refractivity contribution in [2.24, 2.45) is 0 Å². The molecule has 0 radical (unpaired) electrons. The van der Waals surface area contributed by atoms with Crippen molar-refractivity contribution in [2.45, 2.75) is 18.6 Å². The summed E-state index contributed by atoms with van der Waals surface area (Å²) >= 11 is 0. The minimum atomic E-state index is -0.408. The number of hydrogen-bond donors (Lipinski definition) is 1. The van der Waals surface area contributed by atoms with Crippen molar-refractivity contribution < 1.29 is 9.84 Å². The largest absolute Gasteiger partial charge is 0.497 e. The van der Waals surface area contributed by atoms with E-state index in [4.69, 9.17) is 4.74 Å². The molecule has 0 spiro atoms. The van der Waals surface area contributed by atoms with Gasteiger partial charge in [-0.2, -0.15) is 0 Å². The van der Waals surface area contributed by atoms with E-state index < -0.39 is 6.10 Å². The predicted molar refractivity (Wildman–Crippen MR) is 80.2 cm³/mol.